The highest BCUT2D eigenvalue weighted by atomic mass is 32.1. The second kappa shape index (κ2) is 5.36. The van der Waals surface area contributed by atoms with Gasteiger partial charge in [-0.25, -0.2) is 0 Å². The molecule has 1 heterocycles. The zero-order chi connectivity index (χ0) is 13.2. The number of amides is 1. The van der Waals surface area contributed by atoms with Crippen LogP contribution in [0.15, 0.2) is 11.4 Å². The molecule has 1 amide bonds. The van der Waals surface area contributed by atoms with Crippen LogP contribution in [0, 0.1) is 29.6 Å². The first-order valence-corrected chi connectivity index (χ1v) is 7.72. The van der Waals surface area contributed by atoms with Gasteiger partial charge in [-0.1, -0.05) is 18.3 Å². The summed E-state index contributed by atoms with van der Waals surface area (Å²) in [7, 11) is 0. The van der Waals surface area contributed by atoms with Crippen LogP contribution in [0.25, 0.3) is 0 Å². The molecule has 2 aliphatic carbocycles. The molecule has 2 saturated carbocycles. The van der Waals surface area contributed by atoms with E-state index in [4.69, 9.17) is 5.73 Å². The van der Waals surface area contributed by atoms with E-state index in [0.717, 1.165) is 10.4 Å². The number of nitrogens with two attached hydrogens (primary N) is 1. The van der Waals surface area contributed by atoms with Crippen molar-refractivity contribution in [2.24, 2.45) is 23.5 Å². The van der Waals surface area contributed by atoms with E-state index in [1.165, 1.54) is 19.3 Å². The second-order valence-corrected chi connectivity index (χ2v) is 6.27. The van der Waals surface area contributed by atoms with Crippen molar-refractivity contribution in [3.05, 3.63) is 21.9 Å². The van der Waals surface area contributed by atoms with Crippen LogP contribution in [0.3, 0.4) is 0 Å². The van der Waals surface area contributed by atoms with Gasteiger partial charge in [0.1, 0.15) is 0 Å². The third-order valence-electron chi connectivity index (χ3n) is 4.20. The van der Waals surface area contributed by atoms with Gasteiger partial charge in [0.15, 0.2) is 0 Å². The summed E-state index contributed by atoms with van der Waals surface area (Å²) in [5.74, 6) is 7.80. The molecule has 0 radical (unpaired) electrons. The summed E-state index contributed by atoms with van der Waals surface area (Å²) < 4.78 is 0. The summed E-state index contributed by atoms with van der Waals surface area (Å²) in [6.45, 7) is 0.966. The molecule has 3 N–H and O–H groups in total. The molecule has 2 fully saturated rings. The van der Waals surface area contributed by atoms with Gasteiger partial charge < -0.3 is 11.1 Å². The van der Waals surface area contributed by atoms with Gasteiger partial charge in [-0.3, -0.25) is 4.79 Å². The maximum atomic E-state index is 12.1. The van der Waals surface area contributed by atoms with Crippen LogP contribution in [0.2, 0.25) is 0 Å². The normalized spacial score (nSPS) is 27.3. The highest BCUT2D eigenvalue weighted by molar-refractivity contribution is 7.10. The topological polar surface area (TPSA) is 55.1 Å². The fourth-order valence-corrected chi connectivity index (χ4v) is 4.00. The van der Waals surface area contributed by atoms with Gasteiger partial charge in [0, 0.05) is 16.4 Å². The lowest BCUT2D eigenvalue weighted by Crippen LogP contribution is -2.26. The zero-order valence-electron chi connectivity index (χ0n) is 10.8. The van der Waals surface area contributed by atoms with E-state index in [2.05, 4.69) is 17.2 Å². The van der Waals surface area contributed by atoms with Gasteiger partial charge in [0.2, 0.25) is 5.91 Å². The van der Waals surface area contributed by atoms with Crippen molar-refractivity contribution >= 4 is 17.2 Å². The number of carbonyl (C=O) groups is 1. The lowest BCUT2D eigenvalue weighted by molar-refractivity contribution is -0.123. The Morgan fingerprint density at radius 2 is 2.26 bits per heavy atom. The summed E-state index contributed by atoms with van der Waals surface area (Å²) in [4.78, 5) is 13.2. The highest BCUT2D eigenvalue weighted by Crippen LogP contribution is 2.57. The number of rotatable bonds is 3. The first kappa shape index (κ1) is 12.7. The van der Waals surface area contributed by atoms with E-state index in [-0.39, 0.29) is 5.91 Å². The molecule has 0 saturated heterocycles. The first-order chi connectivity index (χ1) is 9.31. The Morgan fingerprint density at radius 3 is 3.00 bits per heavy atom. The van der Waals surface area contributed by atoms with E-state index < -0.39 is 0 Å². The number of hydrogen-bond donors (Lipinski definition) is 2. The van der Waals surface area contributed by atoms with Crippen LogP contribution in [0.5, 0.6) is 0 Å². The van der Waals surface area contributed by atoms with Crippen LogP contribution in [0.1, 0.15) is 29.7 Å². The maximum absolute atomic E-state index is 12.1. The molecule has 0 bridgehead atoms. The fourth-order valence-electron chi connectivity index (χ4n) is 3.23. The lowest BCUT2D eigenvalue weighted by Gasteiger charge is -2.05. The maximum Gasteiger partial charge on any atom is 0.223 e. The van der Waals surface area contributed by atoms with E-state index >= 15 is 0 Å². The van der Waals surface area contributed by atoms with Gasteiger partial charge >= 0.3 is 0 Å². The summed E-state index contributed by atoms with van der Waals surface area (Å²) in [6, 6.07) is 1.99. The first-order valence-electron chi connectivity index (χ1n) is 6.84. The van der Waals surface area contributed by atoms with Gasteiger partial charge in [-0.15, -0.1) is 11.3 Å². The lowest BCUT2D eigenvalue weighted by atomic mass is 10.1. The Labute approximate surface area is 117 Å². The van der Waals surface area contributed by atoms with E-state index in [1.54, 1.807) is 11.3 Å². The third-order valence-corrected chi connectivity index (χ3v) is 5.12. The van der Waals surface area contributed by atoms with Crippen LogP contribution in [-0.2, 0) is 11.3 Å². The summed E-state index contributed by atoms with van der Waals surface area (Å²) in [5.41, 5.74) is 6.37. The number of thiophene rings is 1. The van der Waals surface area contributed by atoms with Crippen molar-refractivity contribution in [2.75, 3.05) is 6.54 Å². The molecular weight excluding hydrogens is 256 g/mol. The molecule has 0 spiro atoms. The van der Waals surface area contributed by atoms with Gasteiger partial charge in [0.05, 0.1) is 13.1 Å². The van der Waals surface area contributed by atoms with Crippen LogP contribution in [-0.4, -0.2) is 12.5 Å². The van der Waals surface area contributed by atoms with Crippen molar-refractivity contribution in [3.8, 4) is 11.8 Å². The Bertz CT molecular complexity index is 530. The van der Waals surface area contributed by atoms with Gasteiger partial charge in [0.25, 0.3) is 0 Å². The van der Waals surface area contributed by atoms with Gasteiger partial charge in [-0.05, 0) is 36.1 Å². The second-order valence-electron chi connectivity index (χ2n) is 5.27. The molecular formula is C15H18N2OS. The number of nitrogens with one attached hydrogen (secondary N) is 1. The summed E-state index contributed by atoms with van der Waals surface area (Å²) in [5, 5.41) is 5.07. The largest absolute Gasteiger partial charge is 0.351 e. The molecule has 19 heavy (non-hydrogen) atoms. The Kier molecular flexibility index (Phi) is 3.58. The molecule has 0 aliphatic heterocycles. The van der Waals surface area contributed by atoms with Gasteiger partial charge in [-0.2, -0.15) is 0 Å². The molecule has 1 aromatic heterocycles. The molecule has 2 atom stereocenters. The third kappa shape index (κ3) is 2.54. The predicted octanol–water partition coefficient (Wildman–Crippen LogP) is 1.72. The van der Waals surface area contributed by atoms with Crippen molar-refractivity contribution in [1.29, 1.82) is 0 Å². The molecule has 2 unspecified atom stereocenters. The SMILES string of the molecule is NCC#Cc1ccsc1CNC(=O)C1C2CCCC21. The Morgan fingerprint density at radius 1 is 1.47 bits per heavy atom. The van der Waals surface area contributed by atoms with Crippen LogP contribution < -0.4 is 11.1 Å². The molecule has 3 rings (SSSR count). The Hall–Kier alpha value is -1.31. The fraction of sp³-hybridized carbons (Fsp3) is 0.533. The van der Waals surface area contributed by atoms with Crippen LogP contribution >= 0.6 is 11.3 Å². The molecule has 100 valence electrons. The van der Waals surface area contributed by atoms with E-state index in [9.17, 15) is 4.79 Å². The quantitative estimate of drug-likeness (QED) is 0.825. The minimum absolute atomic E-state index is 0.237. The summed E-state index contributed by atoms with van der Waals surface area (Å²) >= 11 is 1.64. The molecule has 2 aliphatic rings. The minimum Gasteiger partial charge on any atom is -0.351 e. The van der Waals surface area contributed by atoms with Crippen molar-refractivity contribution in [1.82, 2.24) is 5.32 Å². The number of fused-ring (bicyclic) bond motifs is 1. The molecule has 3 nitrogen and oxygen atoms in total. The molecule has 0 aromatic carbocycles. The molecule has 1 aromatic rings. The van der Waals surface area contributed by atoms with Crippen LogP contribution in [0.4, 0.5) is 0 Å². The Balaban J connectivity index is 1.55. The van der Waals surface area contributed by atoms with E-state index in [0.29, 0.717) is 30.8 Å². The zero-order valence-corrected chi connectivity index (χ0v) is 11.6. The predicted molar refractivity (Wildman–Crippen MR) is 76.4 cm³/mol. The van der Waals surface area contributed by atoms with Crippen molar-refractivity contribution < 1.29 is 4.79 Å². The minimum atomic E-state index is 0.237. The average Bonchev–Trinajstić information content (AvgIpc) is 2.82. The average molecular weight is 274 g/mol. The molecule has 4 heteroatoms. The number of carbonyl (C=O) groups excluding carboxylic acids is 1. The van der Waals surface area contributed by atoms with E-state index in [1.807, 2.05) is 11.4 Å². The van der Waals surface area contributed by atoms with Crippen molar-refractivity contribution in [3.63, 3.8) is 0 Å². The standard InChI is InChI=1S/C15H18N2OS/c16-7-2-3-10-6-8-19-13(10)9-17-15(18)14-11-4-1-5-12(11)14/h6,8,11-12,14H,1,4-5,7,9,16H2,(H,17,18). The highest BCUT2D eigenvalue weighted by Gasteiger charge is 2.56. The smallest absolute Gasteiger partial charge is 0.223 e. The summed E-state index contributed by atoms with van der Waals surface area (Å²) in [6.07, 6.45) is 3.80. The van der Waals surface area contributed by atoms with Crippen molar-refractivity contribution in [2.45, 2.75) is 25.8 Å². The monoisotopic (exact) mass is 274 g/mol. The number of hydrogen-bond acceptors (Lipinski definition) is 3.